The second kappa shape index (κ2) is 13.8. The van der Waals surface area contributed by atoms with Gasteiger partial charge in [-0.05, 0) is 55.1 Å². The lowest BCUT2D eigenvalue weighted by molar-refractivity contribution is 0.146. The molecular weight excluding hydrogens is 511 g/mol. The van der Waals surface area contributed by atoms with Gasteiger partial charge in [-0.1, -0.05) is 18.2 Å². The Bertz CT molecular complexity index is 751. The Labute approximate surface area is 201 Å². The molecule has 2 heterocycles. The second-order valence-electron chi connectivity index (χ2n) is 7.07. The Morgan fingerprint density at radius 3 is 2.70 bits per heavy atom. The van der Waals surface area contributed by atoms with E-state index in [-0.39, 0.29) is 24.0 Å². The van der Waals surface area contributed by atoms with Gasteiger partial charge >= 0.3 is 0 Å². The molecule has 1 fully saturated rings. The van der Waals surface area contributed by atoms with Gasteiger partial charge in [0.2, 0.25) is 0 Å². The summed E-state index contributed by atoms with van der Waals surface area (Å²) < 4.78 is 10.7. The maximum absolute atomic E-state index is 5.69. The summed E-state index contributed by atoms with van der Waals surface area (Å²) in [7, 11) is 3.49. The summed E-state index contributed by atoms with van der Waals surface area (Å²) in [6.45, 7) is 5.02. The first-order valence-electron chi connectivity index (χ1n) is 10.2. The molecule has 0 radical (unpaired) electrons. The van der Waals surface area contributed by atoms with Gasteiger partial charge in [-0.15, -0.1) is 35.3 Å². The first kappa shape index (κ1) is 24.9. The maximum Gasteiger partial charge on any atom is 0.191 e. The number of methoxy groups -OCH3 is 1. The standard InChI is InChI=1S/C22H32N4O2S.HI/c1-23-22(24-16-18-7-5-8-19(15-18)28-13-12-27-2)25-17-20(21-9-6-14-29-21)26-10-3-4-11-26;/h5-9,14-15,20H,3-4,10-13,16-17H2,1-2H3,(H2,23,24,25);1H. The van der Waals surface area contributed by atoms with E-state index in [0.29, 0.717) is 25.8 Å². The Morgan fingerprint density at radius 1 is 1.17 bits per heavy atom. The van der Waals surface area contributed by atoms with Crippen molar-refractivity contribution in [1.82, 2.24) is 15.5 Å². The summed E-state index contributed by atoms with van der Waals surface area (Å²) in [5, 5.41) is 9.09. The van der Waals surface area contributed by atoms with E-state index in [9.17, 15) is 0 Å². The van der Waals surface area contributed by atoms with E-state index in [4.69, 9.17) is 9.47 Å². The van der Waals surface area contributed by atoms with Crippen molar-refractivity contribution in [2.45, 2.75) is 25.4 Å². The van der Waals surface area contributed by atoms with Crippen LogP contribution in [0.15, 0.2) is 46.8 Å². The van der Waals surface area contributed by atoms with Crippen LogP contribution in [0.4, 0.5) is 0 Å². The molecule has 1 unspecified atom stereocenters. The Kier molecular flexibility index (Phi) is 11.5. The number of halogens is 1. The molecule has 8 heteroatoms. The molecule has 2 aromatic rings. The zero-order chi connectivity index (χ0) is 20.3. The normalized spacial score (nSPS) is 15.5. The lowest BCUT2D eigenvalue weighted by Crippen LogP contribution is -2.42. The number of likely N-dealkylation sites (tertiary alicyclic amines) is 1. The average molecular weight is 545 g/mol. The fourth-order valence-corrected chi connectivity index (χ4v) is 4.39. The molecule has 1 aliphatic rings. The van der Waals surface area contributed by atoms with E-state index < -0.39 is 0 Å². The predicted octanol–water partition coefficient (Wildman–Crippen LogP) is 3.89. The maximum atomic E-state index is 5.69. The van der Waals surface area contributed by atoms with Crippen LogP contribution in [-0.4, -0.2) is 57.9 Å². The van der Waals surface area contributed by atoms with Gasteiger partial charge in [-0.25, -0.2) is 0 Å². The van der Waals surface area contributed by atoms with E-state index in [1.54, 1.807) is 7.11 Å². The van der Waals surface area contributed by atoms with E-state index in [2.05, 4.69) is 50.2 Å². The zero-order valence-corrected chi connectivity index (χ0v) is 20.9. The van der Waals surface area contributed by atoms with Crippen LogP contribution in [0.2, 0.25) is 0 Å². The van der Waals surface area contributed by atoms with Gasteiger partial charge in [0.15, 0.2) is 5.96 Å². The predicted molar refractivity (Wildman–Crippen MR) is 135 cm³/mol. The third kappa shape index (κ3) is 7.72. The van der Waals surface area contributed by atoms with Crippen LogP contribution in [0.5, 0.6) is 5.75 Å². The molecule has 1 aromatic heterocycles. The minimum absolute atomic E-state index is 0. The van der Waals surface area contributed by atoms with Crippen molar-refractivity contribution >= 4 is 41.3 Å². The van der Waals surface area contributed by atoms with Crippen molar-refractivity contribution in [3.8, 4) is 5.75 Å². The Hall–Kier alpha value is -1.36. The molecule has 1 aliphatic heterocycles. The molecule has 6 nitrogen and oxygen atoms in total. The SMILES string of the molecule is CN=C(NCc1cccc(OCCOC)c1)NCC(c1cccs1)N1CCCC1.I. The number of ether oxygens (including phenoxy) is 2. The summed E-state index contributed by atoms with van der Waals surface area (Å²) in [6, 6.07) is 12.9. The molecule has 30 heavy (non-hydrogen) atoms. The van der Waals surface area contributed by atoms with Crippen LogP contribution in [0.1, 0.15) is 29.3 Å². The molecule has 166 valence electrons. The van der Waals surface area contributed by atoms with Crippen molar-refractivity contribution in [2.75, 3.05) is 47.0 Å². The number of benzene rings is 1. The van der Waals surface area contributed by atoms with Crippen LogP contribution < -0.4 is 15.4 Å². The Morgan fingerprint density at radius 2 is 2.00 bits per heavy atom. The fourth-order valence-electron chi connectivity index (χ4n) is 3.53. The van der Waals surface area contributed by atoms with Crippen molar-refractivity contribution < 1.29 is 9.47 Å². The van der Waals surface area contributed by atoms with Crippen LogP contribution in [0, 0.1) is 0 Å². The highest BCUT2D eigenvalue weighted by Crippen LogP contribution is 2.27. The summed E-state index contributed by atoms with van der Waals surface area (Å²) in [5.41, 5.74) is 1.15. The molecule has 0 aliphatic carbocycles. The highest BCUT2D eigenvalue weighted by molar-refractivity contribution is 14.0. The van der Waals surface area contributed by atoms with Gasteiger partial charge in [-0.3, -0.25) is 9.89 Å². The van der Waals surface area contributed by atoms with E-state index in [1.165, 1.54) is 30.8 Å². The topological polar surface area (TPSA) is 58.1 Å². The first-order valence-corrected chi connectivity index (χ1v) is 11.1. The summed E-state index contributed by atoms with van der Waals surface area (Å²) in [6.07, 6.45) is 2.58. The van der Waals surface area contributed by atoms with Crippen molar-refractivity contribution in [2.24, 2.45) is 4.99 Å². The van der Waals surface area contributed by atoms with Crippen LogP contribution in [0.25, 0.3) is 0 Å². The number of guanidine groups is 1. The van der Waals surface area contributed by atoms with Crippen LogP contribution in [0.3, 0.4) is 0 Å². The van der Waals surface area contributed by atoms with E-state index in [0.717, 1.165) is 23.8 Å². The monoisotopic (exact) mass is 544 g/mol. The molecule has 0 spiro atoms. The molecular formula is C22H33IN4O2S. The second-order valence-corrected chi connectivity index (χ2v) is 8.05. The summed E-state index contributed by atoms with van der Waals surface area (Å²) in [4.78, 5) is 8.39. The lowest BCUT2D eigenvalue weighted by atomic mass is 10.2. The smallest absolute Gasteiger partial charge is 0.191 e. The molecule has 1 saturated heterocycles. The molecule has 3 rings (SSSR count). The number of nitrogens with one attached hydrogen (secondary N) is 2. The van der Waals surface area contributed by atoms with Gasteiger partial charge < -0.3 is 20.1 Å². The fraction of sp³-hybridized carbons (Fsp3) is 0.500. The lowest BCUT2D eigenvalue weighted by Gasteiger charge is -2.27. The van der Waals surface area contributed by atoms with Crippen molar-refractivity contribution in [3.05, 3.63) is 52.2 Å². The van der Waals surface area contributed by atoms with Crippen LogP contribution >= 0.6 is 35.3 Å². The minimum atomic E-state index is 0. The number of aliphatic imine (C=N–C) groups is 1. The number of thiophene rings is 1. The van der Waals surface area contributed by atoms with Gasteiger partial charge in [0.1, 0.15) is 12.4 Å². The van der Waals surface area contributed by atoms with Gasteiger partial charge in [0.25, 0.3) is 0 Å². The summed E-state index contributed by atoms with van der Waals surface area (Å²) >= 11 is 1.83. The van der Waals surface area contributed by atoms with Gasteiger partial charge in [-0.2, -0.15) is 0 Å². The van der Waals surface area contributed by atoms with Gasteiger partial charge in [0, 0.05) is 32.1 Å². The third-order valence-electron chi connectivity index (χ3n) is 5.05. The number of rotatable bonds is 10. The quantitative estimate of drug-likeness (QED) is 0.206. The zero-order valence-electron chi connectivity index (χ0n) is 17.8. The minimum Gasteiger partial charge on any atom is -0.491 e. The molecule has 0 amide bonds. The summed E-state index contributed by atoms with van der Waals surface area (Å²) in [5.74, 6) is 1.67. The van der Waals surface area contributed by atoms with Crippen molar-refractivity contribution in [3.63, 3.8) is 0 Å². The van der Waals surface area contributed by atoms with Crippen molar-refractivity contribution in [1.29, 1.82) is 0 Å². The number of nitrogens with zero attached hydrogens (tertiary/aromatic N) is 2. The highest BCUT2D eigenvalue weighted by Gasteiger charge is 2.24. The Balaban J connectivity index is 0.00000320. The highest BCUT2D eigenvalue weighted by atomic mass is 127. The largest absolute Gasteiger partial charge is 0.491 e. The number of hydrogen-bond acceptors (Lipinski definition) is 5. The molecule has 1 atom stereocenters. The molecule has 1 aromatic carbocycles. The molecule has 0 saturated carbocycles. The van der Waals surface area contributed by atoms with E-state index in [1.807, 2.05) is 30.5 Å². The first-order chi connectivity index (χ1) is 14.3. The number of hydrogen-bond donors (Lipinski definition) is 2. The van der Waals surface area contributed by atoms with E-state index >= 15 is 0 Å². The van der Waals surface area contributed by atoms with Gasteiger partial charge in [0.05, 0.1) is 12.6 Å². The molecule has 2 N–H and O–H groups in total. The van der Waals surface area contributed by atoms with Crippen LogP contribution in [-0.2, 0) is 11.3 Å². The molecule has 0 bridgehead atoms. The third-order valence-corrected chi connectivity index (χ3v) is 6.03. The average Bonchev–Trinajstić information content (AvgIpc) is 3.46.